The molecular weight excluding hydrogens is 328 g/mol. The summed E-state index contributed by atoms with van der Waals surface area (Å²) in [6, 6.07) is 0.550. The molecule has 0 bridgehead atoms. The molecule has 4 nitrogen and oxygen atoms in total. The number of aryl methyl sites for hydroxylation is 2. The van der Waals surface area contributed by atoms with Crippen LogP contribution in [0.5, 0.6) is 0 Å². The van der Waals surface area contributed by atoms with E-state index < -0.39 is 0 Å². The van der Waals surface area contributed by atoms with Gasteiger partial charge in [-0.25, -0.2) is 0 Å². The van der Waals surface area contributed by atoms with Gasteiger partial charge >= 0.3 is 0 Å². The normalized spacial score (nSPS) is 22.7. The van der Waals surface area contributed by atoms with Crippen molar-refractivity contribution in [3.8, 4) is 0 Å². The second kappa shape index (κ2) is 6.80. The average Bonchev–Trinajstić information content (AvgIpc) is 2.76. The summed E-state index contributed by atoms with van der Waals surface area (Å²) in [6.07, 6.45) is 2.36. The Morgan fingerprint density at radius 1 is 1.33 bits per heavy atom. The molecule has 0 amide bonds. The third-order valence-electron chi connectivity index (χ3n) is 5.05. The molecule has 0 saturated carbocycles. The summed E-state index contributed by atoms with van der Waals surface area (Å²) >= 11 is 3.74. The number of hydrogen-bond acceptors (Lipinski definition) is 3. The third kappa shape index (κ3) is 3.20. The Bertz CT molecular complexity index is 479. The van der Waals surface area contributed by atoms with Crippen molar-refractivity contribution in [3.63, 3.8) is 0 Å². The van der Waals surface area contributed by atoms with Crippen LogP contribution in [0.4, 0.5) is 0 Å². The first kappa shape index (κ1) is 17.0. The van der Waals surface area contributed by atoms with Crippen molar-refractivity contribution < 1.29 is 0 Å². The lowest BCUT2D eigenvalue weighted by atomic mass is 9.87. The van der Waals surface area contributed by atoms with Gasteiger partial charge in [0, 0.05) is 37.8 Å². The molecule has 5 heteroatoms. The maximum absolute atomic E-state index is 4.64. The van der Waals surface area contributed by atoms with Crippen LogP contribution in [0.15, 0.2) is 4.47 Å². The van der Waals surface area contributed by atoms with Crippen LogP contribution in [-0.4, -0.2) is 39.4 Å². The molecular formula is C16H29BrN4. The van der Waals surface area contributed by atoms with Gasteiger partial charge in [0.15, 0.2) is 0 Å². The Labute approximate surface area is 137 Å². The van der Waals surface area contributed by atoms with Gasteiger partial charge in [0.05, 0.1) is 15.9 Å². The Kier molecular flexibility index (Phi) is 5.49. The van der Waals surface area contributed by atoms with E-state index in [9.17, 15) is 0 Å². The first-order valence-electron chi connectivity index (χ1n) is 8.17. The summed E-state index contributed by atoms with van der Waals surface area (Å²) in [5, 5.41) is 8.30. The highest BCUT2D eigenvalue weighted by atomic mass is 79.9. The number of nitrogens with one attached hydrogen (secondary N) is 1. The zero-order valence-corrected chi connectivity index (χ0v) is 15.6. The second-order valence-corrected chi connectivity index (χ2v) is 7.05. The first-order valence-corrected chi connectivity index (χ1v) is 8.96. The monoisotopic (exact) mass is 356 g/mol. The van der Waals surface area contributed by atoms with Crippen LogP contribution in [0.1, 0.15) is 51.9 Å². The molecule has 1 aromatic heterocycles. The maximum Gasteiger partial charge on any atom is 0.0739 e. The fraction of sp³-hybridized carbons (Fsp3) is 0.812. The van der Waals surface area contributed by atoms with Crippen LogP contribution in [-0.2, 0) is 13.1 Å². The second-order valence-electron chi connectivity index (χ2n) is 6.26. The topological polar surface area (TPSA) is 33.1 Å². The molecule has 0 aliphatic carbocycles. The average molecular weight is 357 g/mol. The van der Waals surface area contributed by atoms with Gasteiger partial charge in [-0.3, -0.25) is 9.58 Å². The van der Waals surface area contributed by atoms with Crippen molar-refractivity contribution in [1.82, 2.24) is 20.0 Å². The minimum Gasteiger partial charge on any atom is -0.311 e. The van der Waals surface area contributed by atoms with Gasteiger partial charge < -0.3 is 5.32 Å². The van der Waals surface area contributed by atoms with Crippen LogP contribution in [0.25, 0.3) is 0 Å². The molecule has 1 fully saturated rings. The van der Waals surface area contributed by atoms with E-state index in [0.29, 0.717) is 6.04 Å². The Balaban J connectivity index is 2.30. The van der Waals surface area contributed by atoms with Crippen molar-refractivity contribution in [2.24, 2.45) is 0 Å². The highest BCUT2D eigenvalue weighted by molar-refractivity contribution is 9.10. The predicted octanol–water partition coefficient (Wildman–Crippen LogP) is 3.33. The van der Waals surface area contributed by atoms with E-state index in [-0.39, 0.29) is 5.54 Å². The highest BCUT2D eigenvalue weighted by Gasteiger charge is 2.38. The zero-order valence-electron chi connectivity index (χ0n) is 14.0. The summed E-state index contributed by atoms with van der Waals surface area (Å²) in [5.74, 6) is 0. The van der Waals surface area contributed by atoms with E-state index in [0.717, 1.165) is 31.9 Å². The summed E-state index contributed by atoms with van der Waals surface area (Å²) in [5.41, 5.74) is 2.67. The largest absolute Gasteiger partial charge is 0.311 e. The number of nitrogens with zero attached hydrogens (tertiary/aromatic N) is 3. The number of halogens is 1. The SMILES string of the molecule is CCn1nc(C)c(Br)c1CN1CC(C)NCC1(CC)CC. The molecule has 1 N–H and O–H groups in total. The number of piperazine rings is 1. The fourth-order valence-corrected chi connectivity index (χ4v) is 3.85. The minimum atomic E-state index is 0.267. The third-order valence-corrected chi connectivity index (χ3v) is 6.09. The van der Waals surface area contributed by atoms with E-state index in [2.05, 4.69) is 70.5 Å². The summed E-state index contributed by atoms with van der Waals surface area (Å²) in [6.45, 7) is 15.2. The van der Waals surface area contributed by atoms with Gasteiger partial charge in [-0.2, -0.15) is 5.10 Å². The van der Waals surface area contributed by atoms with E-state index in [1.165, 1.54) is 23.0 Å². The molecule has 2 heterocycles. The first-order chi connectivity index (χ1) is 9.97. The van der Waals surface area contributed by atoms with Gasteiger partial charge in [0.25, 0.3) is 0 Å². The van der Waals surface area contributed by atoms with Gasteiger partial charge in [-0.1, -0.05) is 13.8 Å². The fourth-order valence-electron chi connectivity index (χ4n) is 3.45. The van der Waals surface area contributed by atoms with Gasteiger partial charge in [0.2, 0.25) is 0 Å². The predicted molar refractivity (Wildman–Crippen MR) is 91.5 cm³/mol. The standard InChI is InChI=1S/C16H29BrN4/c1-6-16(7-2)11-18-12(4)9-20(16)10-14-15(17)13(5)19-21(14)8-3/h12,18H,6-11H2,1-5H3. The molecule has 21 heavy (non-hydrogen) atoms. The van der Waals surface area contributed by atoms with Crippen molar-refractivity contribution >= 4 is 15.9 Å². The molecule has 1 atom stereocenters. The Hall–Kier alpha value is -0.390. The van der Waals surface area contributed by atoms with Crippen molar-refractivity contribution in [1.29, 1.82) is 0 Å². The van der Waals surface area contributed by atoms with Crippen LogP contribution in [0.3, 0.4) is 0 Å². The van der Waals surface area contributed by atoms with Crippen LogP contribution < -0.4 is 5.32 Å². The Morgan fingerprint density at radius 3 is 2.57 bits per heavy atom. The van der Waals surface area contributed by atoms with Crippen LogP contribution >= 0.6 is 15.9 Å². The lowest BCUT2D eigenvalue weighted by Crippen LogP contribution is -2.63. The summed E-state index contributed by atoms with van der Waals surface area (Å²) in [4.78, 5) is 2.67. The maximum atomic E-state index is 4.64. The smallest absolute Gasteiger partial charge is 0.0739 e. The van der Waals surface area contributed by atoms with E-state index >= 15 is 0 Å². The van der Waals surface area contributed by atoms with Gasteiger partial charge in [0.1, 0.15) is 0 Å². The van der Waals surface area contributed by atoms with Crippen LogP contribution in [0, 0.1) is 6.92 Å². The Morgan fingerprint density at radius 2 is 2.00 bits per heavy atom. The molecule has 0 aromatic carbocycles. The van der Waals surface area contributed by atoms with Crippen LogP contribution in [0.2, 0.25) is 0 Å². The summed E-state index contributed by atoms with van der Waals surface area (Å²) in [7, 11) is 0. The van der Waals surface area contributed by atoms with E-state index in [1.807, 2.05) is 0 Å². The molecule has 1 aliphatic heterocycles. The molecule has 2 rings (SSSR count). The van der Waals surface area contributed by atoms with Crippen molar-refractivity contribution in [2.75, 3.05) is 13.1 Å². The van der Waals surface area contributed by atoms with Crippen molar-refractivity contribution in [3.05, 3.63) is 15.9 Å². The molecule has 1 aliphatic rings. The van der Waals surface area contributed by atoms with Gasteiger partial charge in [-0.15, -0.1) is 0 Å². The molecule has 1 saturated heterocycles. The molecule has 0 spiro atoms. The number of aromatic nitrogens is 2. The molecule has 120 valence electrons. The minimum absolute atomic E-state index is 0.267. The quantitative estimate of drug-likeness (QED) is 0.878. The van der Waals surface area contributed by atoms with E-state index in [1.54, 1.807) is 0 Å². The van der Waals surface area contributed by atoms with Gasteiger partial charge in [-0.05, 0) is 49.5 Å². The van der Waals surface area contributed by atoms with Crippen molar-refractivity contribution in [2.45, 2.75) is 72.1 Å². The lowest BCUT2D eigenvalue weighted by Gasteiger charge is -2.49. The van der Waals surface area contributed by atoms with E-state index in [4.69, 9.17) is 0 Å². The molecule has 0 radical (unpaired) electrons. The lowest BCUT2D eigenvalue weighted by molar-refractivity contribution is 0.0256. The number of hydrogen-bond donors (Lipinski definition) is 1. The molecule has 1 aromatic rings. The summed E-state index contributed by atoms with van der Waals surface area (Å²) < 4.78 is 3.32. The zero-order chi connectivity index (χ0) is 15.6. The molecule has 1 unspecified atom stereocenters. The highest BCUT2D eigenvalue weighted by Crippen LogP contribution is 2.31. The number of rotatable bonds is 5.